The Kier molecular flexibility index (Phi) is 4.32. The van der Waals surface area contributed by atoms with Crippen LogP contribution < -0.4 is 4.72 Å². The second kappa shape index (κ2) is 5.64. The van der Waals surface area contributed by atoms with Crippen LogP contribution in [0.1, 0.15) is 0 Å². The van der Waals surface area contributed by atoms with Crippen LogP contribution in [0.25, 0.3) is 0 Å². The fraction of sp³-hybridized carbons (Fsp3) is 0. The fourth-order valence-electron chi connectivity index (χ4n) is 1.40. The first-order valence-electron chi connectivity index (χ1n) is 5.12. The minimum absolute atomic E-state index is 0.0490. The van der Waals surface area contributed by atoms with Crippen molar-refractivity contribution in [3.8, 4) is 0 Å². The van der Waals surface area contributed by atoms with Crippen molar-refractivity contribution in [2.45, 2.75) is 4.90 Å². The van der Waals surface area contributed by atoms with Crippen molar-refractivity contribution >= 4 is 49.9 Å². The Labute approximate surface area is 129 Å². The minimum atomic E-state index is -3.73. The lowest BCUT2D eigenvalue weighted by Crippen LogP contribution is -2.13. The van der Waals surface area contributed by atoms with Crippen molar-refractivity contribution in [1.82, 2.24) is 0 Å². The van der Waals surface area contributed by atoms with Crippen molar-refractivity contribution in [2.75, 3.05) is 4.72 Å². The molecule has 2 aromatic rings. The number of rotatable bonds is 3. The Bertz CT molecular complexity index is 707. The second-order valence-corrected chi connectivity index (χ2v) is 6.92. The molecule has 0 heterocycles. The summed E-state index contributed by atoms with van der Waals surface area (Å²) in [4.78, 5) is 0.112. The van der Waals surface area contributed by atoms with E-state index in [1.807, 2.05) is 22.6 Å². The Morgan fingerprint density at radius 2 is 1.79 bits per heavy atom. The van der Waals surface area contributed by atoms with E-state index >= 15 is 0 Å². The highest BCUT2D eigenvalue weighted by Gasteiger charge is 2.16. The standard InChI is InChI=1S/C12H8ClFINO2S/c13-9-6-11(15)12(7-10(9)14)16-19(17,18)8-4-2-1-3-5-8/h1-7,16H. The fourth-order valence-corrected chi connectivity index (χ4v) is 3.63. The normalized spacial score (nSPS) is 11.3. The minimum Gasteiger partial charge on any atom is -0.278 e. The van der Waals surface area contributed by atoms with Gasteiger partial charge in [0.2, 0.25) is 0 Å². The summed E-state index contributed by atoms with van der Waals surface area (Å²) in [5.41, 5.74) is 0.159. The van der Waals surface area contributed by atoms with E-state index < -0.39 is 15.8 Å². The molecule has 0 fully saturated rings. The molecule has 2 rings (SSSR count). The van der Waals surface area contributed by atoms with Crippen molar-refractivity contribution in [2.24, 2.45) is 0 Å². The Morgan fingerprint density at radius 3 is 2.42 bits per heavy atom. The maximum atomic E-state index is 13.4. The van der Waals surface area contributed by atoms with Crippen LogP contribution in [-0.4, -0.2) is 8.42 Å². The maximum Gasteiger partial charge on any atom is 0.261 e. The van der Waals surface area contributed by atoms with E-state index in [1.165, 1.54) is 18.2 Å². The zero-order valence-corrected chi connectivity index (χ0v) is 13.1. The molecule has 3 nitrogen and oxygen atoms in total. The predicted molar refractivity (Wildman–Crippen MR) is 81.4 cm³/mol. The average molecular weight is 412 g/mol. The first-order valence-corrected chi connectivity index (χ1v) is 8.06. The largest absolute Gasteiger partial charge is 0.278 e. The lowest BCUT2D eigenvalue weighted by molar-refractivity contribution is 0.601. The molecule has 0 aliphatic rings. The second-order valence-electron chi connectivity index (χ2n) is 3.66. The van der Waals surface area contributed by atoms with Gasteiger partial charge in [-0.3, -0.25) is 4.72 Å². The van der Waals surface area contributed by atoms with Gasteiger partial charge in [-0.1, -0.05) is 29.8 Å². The molecule has 100 valence electrons. The van der Waals surface area contributed by atoms with Crippen molar-refractivity contribution in [3.05, 3.63) is 56.9 Å². The highest BCUT2D eigenvalue weighted by molar-refractivity contribution is 14.1. The SMILES string of the molecule is O=S(=O)(Nc1cc(F)c(Cl)cc1I)c1ccccc1. The quantitative estimate of drug-likeness (QED) is 0.615. The molecule has 0 atom stereocenters. The van der Waals surface area contributed by atoms with Crippen LogP contribution in [0.3, 0.4) is 0 Å². The molecule has 7 heteroatoms. The molecule has 0 radical (unpaired) electrons. The summed E-state index contributed by atoms with van der Waals surface area (Å²) in [6.45, 7) is 0. The summed E-state index contributed by atoms with van der Waals surface area (Å²) in [6, 6.07) is 10.3. The van der Waals surface area contributed by atoms with Crippen LogP contribution >= 0.6 is 34.2 Å². The zero-order valence-electron chi connectivity index (χ0n) is 9.40. The zero-order chi connectivity index (χ0) is 14.0. The third-order valence-corrected chi connectivity index (χ3v) is 4.87. The molecule has 0 aliphatic heterocycles. The van der Waals surface area contributed by atoms with E-state index in [0.717, 1.165) is 6.07 Å². The Balaban J connectivity index is 2.39. The van der Waals surface area contributed by atoms with E-state index in [1.54, 1.807) is 18.2 Å². The molecule has 0 aromatic heterocycles. The van der Waals surface area contributed by atoms with E-state index in [2.05, 4.69) is 4.72 Å². The highest BCUT2D eigenvalue weighted by Crippen LogP contribution is 2.27. The molecule has 0 bridgehead atoms. The molecule has 0 saturated heterocycles. The summed E-state index contributed by atoms with van der Waals surface area (Å²) < 4.78 is 40.4. The Hall–Kier alpha value is -0.860. The molecule has 19 heavy (non-hydrogen) atoms. The van der Waals surface area contributed by atoms with Gasteiger partial charge in [0.05, 0.1) is 15.6 Å². The molecular weight excluding hydrogens is 404 g/mol. The average Bonchev–Trinajstić information content (AvgIpc) is 2.37. The van der Waals surface area contributed by atoms with Crippen LogP contribution in [0, 0.1) is 9.39 Å². The molecule has 1 N–H and O–H groups in total. The van der Waals surface area contributed by atoms with Gasteiger partial charge in [-0.2, -0.15) is 0 Å². The Morgan fingerprint density at radius 1 is 1.16 bits per heavy atom. The summed E-state index contributed by atoms with van der Waals surface area (Å²) in [6.07, 6.45) is 0. The number of hydrogen-bond donors (Lipinski definition) is 1. The van der Waals surface area contributed by atoms with Gasteiger partial charge in [-0.15, -0.1) is 0 Å². The smallest absolute Gasteiger partial charge is 0.261 e. The van der Waals surface area contributed by atoms with Crippen molar-refractivity contribution < 1.29 is 12.8 Å². The molecule has 2 aromatic carbocycles. The topological polar surface area (TPSA) is 46.2 Å². The van der Waals surface area contributed by atoms with Gasteiger partial charge in [0.25, 0.3) is 10.0 Å². The number of hydrogen-bond acceptors (Lipinski definition) is 2. The van der Waals surface area contributed by atoms with Gasteiger partial charge in [0.1, 0.15) is 5.82 Å². The lowest BCUT2D eigenvalue weighted by Gasteiger charge is -2.10. The summed E-state index contributed by atoms with van der Waals surface area (Å²) in [5, 5.41) is -0.0490. The summed E-state index contributed by atoms with van der Waals surface area (Å²) in [5.74, 6) is -0.673. The van der Waals surface area contributed by atoms with Gasteiger partial charge in [0.15, 0.2) is 0 Å². The van der Waals surface area contributed by atoms with Crippen LogP contribution in [-0.2, 0) is 10.0 Å². The van der Waals surface area contributed by atoms with Crippen LogP contribution in [0.15, 0.2) is 47.4 Å². The third-order valence-electron chi connectivity index (χ3n) is 2.31. The van der Waals surface area contributed by atoms with Crippen LogP contribution in [0.4, 0.5) is 10.1 Å². The molecule has 0 saturated carbocycles. The number of nitrogens with one attached hydrogen (secondary N) is 1. The van der Waals surface area contributed by atoms with E-state index in [4.69, 9.17) is 11.6 Å². The monoisotopic (exact) mass is 411 g/mol. The number of sulfonamides is 1. The number of anilines is 1. The lowest BCUT2D eigenvalue weighted by atomic mass is 10.3. The third kappa shape index (κ3) is 3.37. The molecular formula is C12H8ClFINO2S. The van der Waals surface area contributed by atoms with Gasteiger partial charge >= 0.3 is 0 Å². The molecule has 0 spiro atoms. The first-order chi connectivity index (χ1) is 8.90. The van der Waals surface area contributed by atoms with Crippen molar-refractivity contribution in [3.63, 3.8) is 0 Å². The van der Waals surface area contributed by atoms with Gasteiger partial charge in [-0.05, 0) is 40.8 Å². The van der Waals surface area contributed by atoms with Crippen molar-refractivity contribution in [1.29, 1.82) is 0 Å². The van der Waals surface area contributed by atoms with Crippen LogP contribution in [0.5, 0.6) is 0 Å². The maximum absolute atomic E-state index is 13.4. The predicted octanol–water partition coefficient (Wildman–Crippen LogP) is 3.88. The first kappa shape index (κ1) is 14.5. The number of benzene rings is 2. The highest BCUT2D eigenvalue weighted by atomic mass is 127. The van der Waals surface area contributed by atoms with Crippen LogP contribution in [0.2, 0.25) is 5.02 Å². The van der Waals surface area contributed by atoms with E-state index in [-0.39, 0.29) is 15.6 Å². The summed E-state index contributed by atoms with van der Waals surface area (Å²) in [7, 11) is -3.73. The van der Waals surface area contributed by atoms with E-state index in [9.17, 15) is 12.8 Å². The van der Waals surface area contributed by atoms with Gasteiger partial charge in [-0.25, -0.2) is 12.8 Å². The van der Waals surface area contributed by atoms with E-state index in [0.29, 0.717) is 3.57 Å². The molecule has 0 amide bonds. The summed E-state index contributed by atoms with van der Waals surface area (Å²) >= 11 is 7.50. The molecule has 0 unspecified atom stereocenters. The number of halogens is 3. The van der Waals surface area contributed by atoms with Gasteiger partial charge < -0.3 is 0 Å². The molecule has 0 aliphatic carbocycles. The van der Waals surface area contributed by atoms with Gasteiger partial charge in [0, 0.05) is 9.64 Å².